The molecule has 2 rings (SSSR count). The second-order valence-electron chi connectivity index (χ2n) is 4.89. The van der Waals surface area contributed by atoms with Crippen molar-refractivity contribution in [2.75, 3.05) is 12.8 Å². The molecule has 2 aromatic rings. The third kappa shape index (κ3) is 3.33. The number of aromatic nitrogens is 1. The summed E-state index contributed by atoms with van der Waals surface area (Å²) < 4.78 is 5.25. The summed E-state index contributed by atoms with van der Waals surface area (Å²) in [6.45, 7) is 4.94. The van der Waals surface area contributed by atoms with Crippen LogP contribution in [0.15, 0.2) is 24.3 Å². The maximum atomic E-state index is 5.85. The topological polar surface area (TPSA) is 48.1 Å². The predicted molar refractivity (Wildman–Crippen MR) is 80.6 cm³/mol. The van der Waals surface area contributed by atoms with Crippen molar-refractivity contribution in [2.45, 2.75) is 32.8 Å². The van der Waals surface area contributed by atoms with E-state index in [4.69, 9.17) is 10.5 Å². The summed E-state index contributed by atoms with van der Waals surface area (Å²) in [7, 11) is 1.72. The van der Waals surface area contributed by atoms with Gasteiger partial charge in [-0.3, -0.25) is 0 Å². The third-order valence-electron chi connectivity index (χ3n) is 3.06. The number of benzene rings is 1. The van der Waals surface area contributed by atoms with Gasteiger partial charge in [0, 0.05) is 18.4 Å². The molecule has 4 heteroatoms. The number of ether oxygens (including phenoxy) is 1. The lowest BCUT2D eigenvalue weighted by Gasteiger charge is -2.09. The highest BCUT2D eigenvalue weighted by atomic mass is 32.1. The lowest BCUT2D eigenvalue weighted by atomic mass is 10.0. The van der Waals surface area contributed by atoms with Gasteiger partial charge in [0.15, 0.2) is 5.13 Å². The Bertz CT molecular complexity index is 549. The summed E-state index contributed by atoms with van der Waals surface area (Å²) >= 11 is 1.59. The monoisotopic (exact) mass is 276 g/mol. The number of nitrogen functional groups attached to an aromatic ring is 1. The van der Waals surface area contributed by atoms with E-state index >= 15 is 0 Å². The molecule has 0 fully saturated rings. The Hall–Kier alpha value is -1.39. The largest absolute Gasteiger partial charge is 0.380 e. The average Bonchev–Trinajstić information content (AvgIpc) is 2.73. The van der Waals surface area contributed by atoms with Crippen molar-refractivity contribution in [3.63, 3.8) is 0 Å². The summed E-state index contributed by atoms with van der Waals surface area (Å²) in [6.07, 6.45) is 0.877. The van der Waals surface area contributed by atoms with Gasteiger partial charge in [0.25, 0.3) is 0 Å². The summed E-state index contributed by atoms with van der Waals surface area (Å²) in [6, 6.07) is 8.36. The predicted octanol–water partition coefficient (Wildman–Crippen LogP) is 3.59. The molecule has 0 aliphatic carbocycles. The van der Waals surface area contributed by atoms with E-state index < -0.39 is 0 Å². The molecule has 1 aromatic heterocycles. The molecule has 0 aliphatic rings. The first-order valence-corrected chi connectivity index (χ1v) is 7.24. The lowest BCUT2D eigenvalue weighted by Crippen LogP contribution is -1.99. The van der Waals surface area contributed by atoms with Crippen molar-refractivity contribution in [1.82, 2.24) is 4.98 Å². The average molecular weight is 276 g/mol. The van der Waals surface area contributed by atoms with Crippen molar-refractivity contribution < 1.29 is 4.74 Å². The van der Waals surface area contributed by atoms with Crippen LogP contribution in [-0.2, 0) is 17.8 Å². The number of methoxy groups -OCH3 is 1. The molecule has 2 N–H and O–H groups in total. The van der Waals surface area contributed by atoms with E-state index in [0.717, 1.165) is 12.1 Å². The van der Waals surface area contributed by atoms with Gasteiger partial charge in [0.05, 0.1) is 12.3 Å². The molecular weight excluding hydrogens is 256 g/mol. The Morgan fingerprint density at radius 1 is 1.26 bits per heavy atom. The molecule has 1 aromatic carbocycles. The first-order chi connectivity index (χ1) is 9.11. The van der Waals surface area contributed by atoms with Crippen molar-refractivity contribution >= 4 is 16.5 Å². The van der Waals surface area contributed by atoms with Crippen LogP contribution in [-0.4, -0.2) is 12.1 Å². The van der Waals surface area contributed by atoms with Gasteiger partial charge < -0.3 is 10.5 Å². The second-order valence-corrected chi connectivity index (χ2v) is 6.01. The third-order valence-corrected chi connectivity index (χ3v) is 3.96. The lowest BCUT2D eigenvalue weighted by molar-refractivity contribution is 0.184. The van der Waals surface area contributed by atoms with E-state index in [1.54, 1.807) is 18.4 Å². The summed E-state index contributed by atoms with van der Waals surface area (Å²) in [5.41, 5.74) is 9.49. The number of hydrogen-bond donors (Lipinski definition) is 1. The highest BCUT2D eigenvalue weighted by molar-refractivity contribution is 7.15. The van der Waals surface area contributed by atoms with Crippen molar-refractivity contribution in [3.8, 4) is 0 Å². The molecule has 1 heterocycles. The van der Waals surface area contributed by atoms with E-state index in [1.165, 1.54) is 16.0 Å². The van der Waals surface area contributed by atoms with Gasteiger partial charge >= 0.3 is 0 Å². The minimum Gasteiger partial charge on any atom is -0.380 e. The van der Waals surface area contributed by atoms with Crippen LogP contribution in [0.1, 0.15) is 41.5 Å². The van der Waals surface area contributed by atoms with Crippen LogP contribution in [0, 0.1) is 0 Å². The number of thiazole rings is 1. The zero-order valence-electron chi connectivity index (χ0n) is 11.6. The van der Waals surface area contributed by atoms with Gasteiger partial charge in [-0.2, -0.15) is 0 Å². The molecule has 0 atom stereocenters. The van der Waals surface area contributed by atoms with Crippen LogP contribution < -0.4 is 5.73 Å². The quantitative estimate of drug-likeness (QED) is 0.908. The van der Waals surface area contributed by atoms with E-state index in [9.17, 15) is 0 Å². The number of anilines is 1. The molecule has 0 saturated heterocycles. The maximum absolute atomic E-state index is 5.85. The molecule has 0 aliphatic heterocycles. The van der Waals surface area contributed by atoms with Crippen LogP contribution in [0.4, 0.5) is 5.13 Å². The Kier molecular flexibility index (Phi) is 4.56. The van der Waals surface area contributed by atoms with Gasteiger partial charge in [-0.05, 0) is 17.0 Å². The van der Waals surface area contributed by atoms with Crippen LogP contribution in [0.3, 0.4) is 0 Å². The van der Waals surface area contributed by atoms with Gasteiger partial charge in [-0.15, -0.1) is 11.3 Å². The van der Waals surface area contributed by atoms with Crippen LogP contribution >= 0.6 is 11.3 Å². The van der Waals surface area contributed by atoms with Gasteiger partial charge in [-0.1, -0.05) is 38.1 Å². The Morgan fingerprint density at radius 2 is 1.95 bits per heavy atom. The second kappa shape index (κ2) is 6.17. The highest BCUT2D eigenvalue weighted by Gasteiger charge is 2.14. The Labute approximate surface area is 118 Å². The van der Waals surface area contributed by atoms with Gasteiger partial charge in [0.2, 0.25) is 0 Å². The molecule has 0 saturated carbocycles. The molecule has 0 bridgehead atoms. The number of nitrogens with zero attached hydrogens (tertiary/aromatic N) is 1. The fraction of sp³-hybridized carbons (Fsp3) is 0.400. The smallest absolute Gasteiger partial charge is 0.180 e. The first-order valence-electron chi connectivity index (χ1n) is 6.42. The van der Waals surface area contributed by atoms with Crippen LogP contribution in [0.5, 0.6) is 0 Å². The molecular formula is C15H20N2OS. The molecule has 0 spiro atoms. The maximum Gasteiger partial charge on any atom is 0.180 e. The number of nitrogens with two attached hydrogens (primary N) is 1. The number of rotatable bonds is 5. The zero-order valence-corrected chi connectivity index (χ0v) is 12.5. The SMILES string of the molecule is COCc1ccccc1Cc1sc(N)nc1C(C)C. The van der Waals surface area contributed by atoms with Gasteiger partial charge in [0.1, 0.15) is 0 Å². The van der Waals surface area contributed by atoms with Crippen molar-refractivity contribution in [3.05, 3.63) is 46.0 Å². The molecule has 0 unspecified atom stereocenters. The Morgan fingerprint density at radius 3 is 2.58 bits per heavy atom. The van der Waals surface area contributed by atoms with Gasteiger partial charge in [-0.25, -0.2) is 4.98 Å². The zero-order chi connectivity index (χ0) is 13.8. The minimum absolute atomic E-state index is 0.401. The minimum atomic E-state index is 0.401. The van der Waals surface area contributed by atoms with E-state index in [-0.39, 0.29) is 0 Å². The molecule has 102 valence electrons. The standard InChI is InChI=1S/C15H20N2OS/c1-10(2)14-13(19-15(16)17-14)8-11-6-4-5-7-12(11)9-18-3/h4-7,10H,8-9H2,1-3H3,(H2,16,17). The molecule has 0 radical (unpaired) electrons. The van der Waals surface area contributed by atoms with Crippen LogP contribution in [0.25, 0.3) is 0 Å². The van der Waals surface area contributed by atoms with Crippen molar-refractivity contribution in [1.29, 1.82) is 0 Å². The highest BCUT2D eigenvalue weighted by Crippen LogP contribution is 2.29. The normalized spacial score (nSPS) is 11.2. The van der Waals surface area contributed by atoms with E-state index in [0.29, 0.717) is 17.7 Å². The Balaban J connectivity index is 2.31. The summed E-state index contributed by atoms with van der Waals surface area (Å²) in [5, 5.41) is 0.655. The van der Waals surface area contributed by atoms with Crippen molar-refractivity contribution in [2.24, 2.45) is 0 Å². The molecule has 3 nitrogen and oxygen atoms in total. The van der Waals surface area contributed by atoms with Crippen LogP contribution in [0.2, 0.25) is 0 Å². The van der Waals surface area contributed by atoms with E-state index in [2.05, 4.69) is 37.0 Å². The fourth-order valence-corrected chi connectivity index (χ4v) is 3.17. The summed E-state index contributed by atoms with van der Waals surface area (Å²) in [4.78, 5) is 5.71. The fourth-order valence-electron chi connectivity index (χ4n) is 2.16. The van der Waals surface area contributed by atoms with E-state index in [1.807, 2.05) is 6.07 Å². The first kappa shape index (κ1) is 14.0. The summed E-state index contributed by atoms with van der Waals surface area (Å²) in [5.74, 6) is 0.401. The molecule has 19 heavy (non-hydrogen) atoms. The number of hydrogen-bond acceptors (Lipinski definition) is 4. The molecule has 0 amide bonds.